The minimum absolute atomic E-state index is 0.0346. The summed E-state index contributed by atoms with van der Waals surface area (Å²) in [6.45, 7) is 0.114. The van der Waals surface area contributed by atoms with Crippen LogP contribution < -0.4 is 10.2 Å². The summed E-state index contributed by atoms with van der Waals surface area (Å²) in [6.07, 6.45) is 7.97. The van der Waals surface area contributed by atoms with Crippen molar-refractivity contribution < 1.29 is 9.90 Å². The molecule has 1 aromatic heterocycles. The number of benzene rings is 1. The zero-order valence-electron chi connectivity index (χ0n) is 14.5. The lowest BCUT2D eigenvalue weighted by molar-refractivity contribution is 0.0940. The van der Waals surface area contributed by atoms with E-state index >= 15 is 0 Å². The maximum atomic E-state index is 12.5. The molecule has 5 heteroatoms. The highest BCUT2D eigenvalue weighted by atomic mass is 16.3. The number of aliphatic hydroxyl groups excluding tert-OH is 1. The number of carbonyl (C=O) groups is 1. The summed E-state index contributed by atoms with van der Waals surface area (Å²) < 4.78 is 0. The lowest BCUT2D eigenvalue weighted by Crippen LogP contribution is -2.33. The molecular weight excluding hydrogens is 314 g/mol. The number of pyridine rings is 1. The van der Waals surface area contributed by atoms with Crippen LogP contribution in [-0.4, -0.2) is 42.7 Å². The molecule has 1 amide bonds. The molecule has 5 nitrogen and oxygen atoms in total. The van der Waals surface area contributed by atoms with E-state index in [-0.39, 0.29) is 24.5 Å². The normalized spacial score (nSPS) is 19.0. The third-order valence-corrected chi connectivity index (χ3v) is 4.44. The Morgan fingerprint density at radius 1 is 1.20 bits per heavy atom. The van der Waals surface area contributed by atoms with Crippen LogP contribution in [0, 0.1) is 5.92 Å². The van der Waals surface area contributed by atoms with Gasteiger partial charge in [0.15, 0.2) is 0 Å². The van der Waals surface area contributed by atoms with Crippen LogP contribution in [0.5, 0.6) is 0 Å². The highest BCUT2D eigenvalue weighted by Gasteiger charge is 2.20. The predicted octanol–water partition coefficient (Wildman–Crippen LogP) is 2.48. The number of aromatic nitrogens is 1. The number of hydrogen-bond acceptors (Lipinski definition) is 4. The van der Waals surface area contributed by atoms with Crippen LogP contribution in [0.15, 0.2) is 54.9 Å². The Morgan fingerprint density at radius 3 is 2.60 bits per heavy atom. The molecule has 0 radical (unpaired) electrons. The molecule has 0 saturated heterocycles. The fourth-order valence-corrected chi connectivity index (χ4v) is 2.94. The van der Waals surface area contributed by atoms with Crippen molar-refractivity contribution in [2.75, 3.05) is 25.6 Å². The molecule has 3 rings (SSSR count). The van der Waals surface area contributed by atoms with Crippen LogP contribution in [0.4, 0.5) is 5.69 Å². The van der Waals surface area contributed by atoms with Gasteiger partial charge in [-0.3, -0.25) is 9.78 Å². The first-order valence-electron chi connectivity index (χ1n) is 8.39. The largest absolute Gasteiger partial charge is 0.396 e. The van der Waals surface area contributed by atoms with Crippen molar-refractivity contribution in [3.8, 4) is 11.1 Å². The molecule has 0 fully saturated rings. The van der Waals surface area contributed by atoms with Gasteiger partial charge < -0.3 is 15.3 Å². The molecule has 0 unspecified atom stereocenters. The lowest BCUT2D eigenvalue weighted by atomic mass is 10.0. The molecule has 1 aromatic carbocycles. The number of amides is 1. The minimum atomic E-state index is -0.146. The molecule has 1 heterocycles. The van der Waals surface area contributed by atoms with E-state index in [1.165, 1.54) is 0 Å². The average Bonchev–Trinajstić information content (AvgIpc) is 3.09. The van der Waals surface area contributed by atoms with Crippen molar-refractivity contribution in [1.82, 2.24) is 10.3 Å². The summed E-state index contributed by atoms with van der Waals surface area (Å²) in [6, 6.07) is 9.96. The van der Waals surface area contributed by atoms with Gasteiger partial charge in [0.1, 0.15) is 0 Å². The monoisotopic (exact) mass is 337 g/mol. The number of nitrogens with zero attached hydrogens (tertiary/aromatic N) is 2. The van der Waals surface area contributed by atoms with Crippen molar-refractivity contribution in [3.05, 3.63) is 60.4 Å². The van der Waals surface area contributed by atoms with E-state index in [0.717, 1.165) is 23.2 Å². The minimum Gasteiger partial charge on any atom is -0.396 e. The van der Waals surface area contributed by atoms with Crippen LogP contribution in [0.3, 0.4) is 0 Å². The number of anilines is 1. The van der Waals surface area contributed by atoms with Gasteiger partial charge in [0, 0.05) is 56.3 Å². The topological polar surface area (TPSA) is 65.5 Å². The quantitative estimate of drug-likeness (QED) is 0.823. The van der Waals surface area contributed by atoms with Gasteiger partial charge in [-0.1, -0.05) is 24.3 Å². The number of carbonyl (C=O) groups excluding carboxylic acids is 1. The first kappa shape index (κ1) is 17.2. The van der Waals surface area contributed by atoms with E-state index in [9.17, 15) is 9.90 Å². The fraction of sp³-hybridized carbons (Fsp3) is 0.300. The summed E-state index contributed by atoms with van der Waals surface area (Å²) in [5.74, 6) is -0.0162. The van der Waals surface area contributed by atoms with Crippen molar-refractivity contribution in [2.45, 2.75) is 12.5 Å². The van der Waals surface area contributed by atoms with Gasteiger partial charge in [-0.25, -0.2) is 0 Å². The highest BCUT2D eigenvalue weighted by molar-refractivity contribution is 5.95. The van der Waals surface area contributed by atoms with Crippen molar-refractivity contribution in [2.24, 2.45) is 5.92 Å². The van der Waals surface area contributed by atoms with E-state index in [2.05, 4.69) is 10.3 Å². The van der Waals surface area contributed by atoms with E-state index in [0.29, 0.717) is 5.56 Å². The van der Waals surface area contributed by atoms with Gasteiger partial charge in [0.25, 0.3) is 5.91 Å². The molecule has 130 valence electrons. The summed E-state index contributed by atoms with van der Waals surface area (Å²) in [5, 5.41) is 12.2. The van der Waals surface area contributed by atoms with Gasteiger partial charge in [-0.15, -0.1) is 0 Å². The number of rotatable bonds is 5. The van der Waals surface area contributed by atoms with E-state index in [1.807, 2.05) is 61.5 Å². The second-order valence-corrected chi connectivity index (χ2v) is 6.55. The summed E-state index contributed by atoms with van der Waals surface area (Å²) in [5.41, 5.74) is 3.59. The molecule has 0 bridgehead atoms. The van der Waals surface area contributed by atoms with Crippen LogP contribution in [0.2, 0.25) is 0 Å². The van der Waals surface area contributed by atoms with E-state index in [4.69, 9.17) is 0 Å². The molecular formula is C20H23N3O2. The first-order chi connectivity index (χ1) is 12.1. The molecule has 2 atom stereocenters. The molecule has 0 spiro atoms. The Bertz CT molecular complexity index is 769. The van der Waals surface area contributed by atoms with Crippen molar-refractivity contribution >= 4 is 11.6 Å². The maximum Gasteiger partial charge on any atom is 0.253 e. The molecule has 2 aromatic rings. The highest BCUT2D eigenvalue weighted by Crippen LogP contribution is 2.23. The summed E-state index contributed by atoms with van der Waals surface area (Å²) in [7, 11) is 4.00. The van der Waals surface area contributed by atoms with Crippen LogP contribution in [0.1, 0.15) is 16.8 Å². The zero-order chi connectivity index (χ0) is 17.8. The SMILES string of the molecule is CN(C)c1ccc(-c2cncc(C(=O)N[C@@H]3C=C[C@H](CO)C3)c2)cc1. The van der Waals surface area contributed by atoms with Crippen LogP contribution in [0.25, 0.3) is 11.1 Å². The molecule has 1 aliphatic carbocycles. The van der Waals surface area contributed by atoms with Gasteiger partial charge in [-0.05, 0) is 30.2 Å². The Hall–Kier alpha value is -2.66. The van der Waals surface area contributed by atoms with Gasteiger partial charge in [0.05, 0.1) is 5.56 Å². The molecule has 2 N–H and O–H groups in total. The van der Waals surface area contributed by atoms with E-state index in [1.54, 1.807) is 12.4 Å². The smallest absolute Gasteiger partial charge is 0.253 e. The molecule has 25 heavy (non-hydrogen) atoms. The molecule has 0 aliphatic heterocycles. The Kier molecular flexibility index (Phi) is 5.14. The standard InChI is InChI=1S/C20H23N3O2/c1-23(2)19-7-4-15(5-8-19)16-10-17(12-21-11-16)20(25)22-18-6-3-14(9-18)13-24/h3-8,10-12,14,18,24H,9,13H2,1-2H3,(H,22,25)/t14-,18+/m0/s1. The first-order valence-corrected chi connectivity index (χ1v) is 8.39. The second kappa shape index (κ2) is 7.49. The third-order valence-electron chi connectivity index (χ3n) is 4.44. The van der Waals surface area contributed by atoms with Crippen molar-refractivity contribution in [1.29, 1.82) is 0 Å². The van der Waals surface area contributed by atoms with Gasteiger partial charge >= 0.3 is 0 Å². The summed E-state index contributed by atoms with van der Waals surface area (Å²) >= 11 is 0. The van der Waals surface area contributed by atoms with Gasteiger partial charge in [0.2, 0.25) is 0 Å². The fourth-order valence-electron chi connectivity index (χ4n) is 2.94. The Morgan fingerprint density at radius 2 is 1.96 bits per heavy atom. The lowest BCUT2D eigenvalue weighted by Gasteiger charge is -2.14. The Balaban J connectivity index is 1.72. The van der Waals surface area contributed by atoms with Crippen LogP contribution in [-0.2, 0) is 0 Å². The molecule has 1 aliphatic rings. The molecule has 0 saturated carbocycles. The Labute approximate surface area is 148 Å². The van der Waals surface area contributed by atoms with Crippen molar-refractivity contribution in [3.63, 3.8) is 0 Å². The number of hydrogen-bond donors (Lipinski definition) is 2. The zero-order valence-corrected chi connectivity index (χ0v) is 14.5. The van der Waals surface area contributed by atoms with Gasteiger partial charge in [-0.2, -0.15) is 0 Å². The third kappa shape index (κ3) is 4.06. The maximum absolute atomic E-state index is 12.5. The predicted molar refractivity (Wildman–Crippen MR) is 99.6 cm³/mol. The number of nitrogens with one attached hydrogen (secondary N) is 1. The summed E-state index contributed by atoms with van der Waals surface area (Å²) in [4.78, 5) is 18.7. The average molecular weight is 337 g/mol. The van der Waals surface area contributed by atoms with E-state index < -0.39 is 0 Å². The second-order valence-electron chi connectivity index (χ2n) is 6.55. The number of aliphatic hydroxyl groups is 1. The van der Waals surface area contributed by atoms with Crippen LogP contribution >= 0.6 is 0 Å².